The second-order valence-electron chi connectivity index (χ2n) is 1.83. The maximum atomic E-state index is 8.27. The van der Waals surface area contributed by atoms with Crippen molar-refractivity contribution in [2.75, 3.05) is 0 Å². The molecule has 3 nitrogen and oxygen atoms in total. The van der Waals surface area contributed by atoms with Crippen molar-refractivity contribution in [1.82, 2.24) is 9.55 Å². The Morgan fingerprint density at radius 3 is 2.23 bits per heavy atom. The lowest BCUT2D eigenvalue weighted by atomic mass is 10.4. The fraction of sp³-hybridized carbons (Fsp3) is 0.600. The third-order valence-electron chi connectivity index (χ3n) is 1.18. The molecule has 0 aliphatic heterocycles. The first-order chi connectivity index (χ1) is 6.34. The quantitative estimate of drug-likeness (QED) is 0.668. The van der Waals surface area contributed by atoms with Gasteiger partial charge in [0.15, 0.2) is 0 Å². The summed E-state index contributed by atoms with van der Waals surface area (Å²) in [5.41, 5.74) is 0.956. The zero-order chi connectivity index (χ0) is 10.7. The third-order valence-corrected chi connectivity index (χ3v) is 1.18. The van der Waals surface area contributed by atoms with Crippen molar-refractivity contribution in [3.8, 4) is 6.07 Å². The molecule has 0 fully saturated rings. The normalized spacial score (nSPS) is 7.08. The van der Waals surface area contributed by atoms with Gasteiger partial charge < -0.3 is 4.57 Å². The number of rotatable bonds is 1. The maximum Gasteiger partial charge on any atom is 0.0945 e. The molecule has 1 aromatic rings. The van der Waals surface area contributed by atoms with Crippen molar-refractivity contribution in [2.45, 2.75) is 34.1 Å². The first kappa shape index (κ1) is 14.2. The predicted octanol–water partition coefficient (Wildman–Crippen LogP) is 2.54. The fourth-order valence-corrected chi connectivity index (χ4v) is 0.636. The van der Waals surface area contributed by atoms with Gasteiger partial charge in [0.2, 0.25) is 0 Å². The second-order valence-corrected chi connectivity index (χ2v) is 1.83. The average molecular weight is 181 g/mol. The van der Waals surface area contributed by atoms with Gasteiger partial charge in [0.25, 0.3) is 0 Å². The highest BCUT2D eigenvalue weighted by Crippen LogP contribution is 1.94. The van der Waals surface area contributed by atoms with E-state index >= 15 is 0 Å². The molecule has 0 amide bonds. The lowest BCUT2D eigenvalue weighted by molar-refractivity contribution is 0.854. The molecule has 0 saturated heterocycles. The molecule has 13 heavy (non-hydrogen) atoms. The number of aryl methyl sites for hydroxylation is 1. The van der Waals surface area contributed by atoms with Crippen LogP contribution in [0, 0.1) is 11.3 Å². The molecule has 0 saturated carbocycles. The molecule has 0 radical (unpaired) electrons. The van der Waals surface area contributed by atoms with Crippen LogP contribution >= 0.6 is 0 Å². The molecular weight excluding hydrogens is 162 g/mol. The molecule has 0 spiro atoms. The van der Waals surface area contributed by atoms with Crippen LogP contribution in [-0.4, -0.2) is 9.55 Å². The van der Waals surface area contributed by atoms with Gasteiger partial charge in [-0.1, -0.05) is 27.7 Å². The topological polar surface area (TPSA) is 41.6 Å². The number of hydrogen-bond donors (Lipinski definition) is 0. The van der Waals surface area contributed by atoms with Crippen LogP contribution in [0.15, 0.2) is 12.5 Å². The van der Waals surface area contributed by atoms with Gasteiger partial charge in [0.05, 0.1) is 24.5 Å². The Labute approximate surface area is 81.0 Å². The van der Waals surface area contributed by atoms with E-state index < -0.39 is 0 Å². The first-order valence-electron chi connectivity index (χ1n) is 4.66. The van der Waals surface area contributed by atoms with E-state index in [1.165, 1.54) is 0 Å². The molecule has 0 atom stereocenters. The lowest BCUT2D eigenvalue weighted by Crippen LogP contribution is -1.91. The summed E-state index contributed by atoms with van der Waals surface area (Å²) in [6.07, 6.45) is 3.83. The van der Waals surface area contributed by atoms with E-state index in [4.69, 9.17) is 5.26 Å². The van der Waals surface area contributed by atoms with Crippen LogP contribution in [0.25, 0.3) is 0 Å². The number of nitriles is 1. The zero-order valence-electron chi connectivity index (χ0n) is 9.20. The van der Waals surface area contributed by atoms with Crippen molar-refractivity contribution in [1.29, 1.82) is 5.26 Å². The monoisotopic (exact) mass is 181 g/mol. The van der Waals surface area contributed by atoms with E-state index in [-0.39, 0.29) is 0 Å². The van der Waals surface area contributed by atoms with Crippen LogP contribution < -0.4 is 0 Å². The number of hydrogen-bond acceptors (Lipinski definition) is 2. The summed E-state index contributed by atoms with van der Waals surface area (Å²) in [6, 6.07) is 2.05. The number of aromatic nitrogens is 2. The SMILES string of the molecule is CC.CC.Cn1cncc1CC#N. The molecule has 0 aliphatic rings. The van der Waals surface area contributed by atoms with Gasteiger partial charge in [-0.05, 0) is 0 Å². The van der Waals surface area contributed by atoms with E-state index in [1.54, 1.807) is 12.5 Å². The van der Waals surface area contributed by atoms with Gasteiger partial charge >= 0.3 is 0 Å². The van der Waals surface area contributed by atoms with E-state index in [0.717, 1.165) is 5.69 Å². The molecule has 0 bridgehead atoms. The lowest BCUT2D eigenvalue weighted by Gasteiger charge is -1.91. The van der Waals surface area contributed by atoms with Gasteiger partial charge in [0, 0.05) is 13.2 Å². The molecule has 1 heterocycles. The minimum Gasteiger partial charge on any atom is -0.337 e. The Morgan fingerprint density at radius 1 is 1.38 bits per heavy atom. The number of imidazole rings is 1. The van der Waals surface area contributed by atoms with Crippen molar-refractivity contribution < 1.29 is 0 Å². The van der Waals surface area contributed by atoms with Crippen LogP contribution in [0.5, 0.6) is 0 Å². The largest absolute Gasteiger partial charge is 0.337 e. The van der Waals surface area contributed by atoms with Crippen molar-refractivity contribution >= 4 is 0 Å². The van der Waals surface area contributed by atoms with Gasteiger partial charge in [-0.25, -0.2) is 4.98 Å². The van der Waals surface area contributed by atoms with Crippen molar-refractivity contribution in [3.63, 3.8) is 0 Å². The average Bonchev–Trinajstić information content (AvgIpc) is 2.60. The van der Waals surface area contributed by atoms with E-state index in [0.29, 0.717) is 6.42 Å². The summed E-state index contributed by atoms with van der Waals surface area (Å²) < 4.78 is 1.84. The molecule has 0 aromatic carbocycles. The van der Waals surface area contributed by atoms with Gasteiger partial charge in [0.1, 0.15) is 0 Å². The predicted molar refractivity (Wildman–Crippen MR) is 55.2 cm³/mol. The molecule has 1 rings (SSSR count). The molecule has 0 aliphatic carbocycles. The highest BCUT2D eigenvalue weighted by molar-refractivity contribution is 5.03. The van der Waals surface area contributed by atoms with Crippen molar-refractivity contribution in [3.05, 3.63) is 18.2 Å². The van der Waals surface area contributed by atoms with Crippen LogP contribution in [-0.2, 0) is 13.5 Å². The summed E-state index contributed by atoms with van der Waals surface area (Å²) in [4.78, 5) is 3.85. The second kappa shape index (κ2) is 10.7. The van der Waals surface area contributed by atoms with Crippen LogP contribution in [0.1, 0.15) is 33.4 Å². The summed E-state index contributed by atoms with van der Waals surface area (Å²) in [5.74, 6) is 0. The molecule has 0 unspecified atom stereocenters. The minimum atomic E-state index is 0.441. The Kier molecular flexibility index (Phi) is 11.7. The van der Waals surface area contributed by atoms with Crippen molar-refractivity contribution in [2.24, 2.45) is 7.05 Å². The molecular formula is C10H19N3. The fourth-order valence-electron chi connectivity index (χ4n) is 0.636. The summed E-state index contributed by atoms with van der Waals surface area (Å²) in [5, 5.41) is 8.27. The highest BCUT2D eigenvalue weighted by atomic mass is 15.0. The van der Waals surface area contributed by atoms with E-state index in [9.17, 15) is 0 Å². The molecule has 0 N–H and O–H groups in total. The molecule has 1 aromatic heterocycles. The van der Waals surface area contributed by atoms with Gasteiger partial charge in [-0.15, -0.1) is 0 Å². The maximum absolute atomic E-state index is 8.27. The molecule has 3 heteroatoms. The van der Waals surface area contributed by atoms with Gasteiger partial charge in [-0.2, -0.15) is 5.26 Å². The minimum absolute atomic E-state index is 0.441. The van der Waals surface area contributed by atoms with E-state index in [2.05, 4.69) is 11.1 Å². The first-order valence-corrected chi connectivity index (χ1v) is 4.66. The Hall–Kier alpha value is -1.30. The van der Waals surface area contributed by atoms with Crippen LogP contribution in [0.3, 0.4) is 0 Å². The van der Waals surface area contributed by atoms with E-state index in [1.807, 2.05) is 39.3 Å². The molecule has 74 valence electrons. The summed E-state index contributed by atoms with van der Waals surface area (Å²) in [6.45, 7) is 8.00. The summed E-state index contributed by atoms with van der Waals surface area (Å²) in [7, 11) is 1.87. The smallest absolute Gasteiger partial charge is 0.0945 e. The Morgan fingerprint density at radius 2 is 1.92 bits per heavy atom. The zero-order valence-corrected chi connectivity index (χ0v) is 9.20. The Bertz CT molecular complexity index is 233. The number of nitrogens with zero attached hydrogens (tertiary/aromatic N) is 3. The van der Waals surface area contributed by atoms with Crippen LogP contribution in [0.2, 0.25) is 0 Å². The third kappa shape index (κ3) is 5.92. The Balaban J connectivity index is 0. The summed E-state index contributed by atoms with van der Waals surface area (Å²) >= 11 is 0. The standard InChI is InChI=1S/C6H7N3.2C2H6/c1-9-5-8-4-6(9)2-3-7;2*1-2/h4-5H,2H2,1H3;2*1-2H3. The highest BCUT2D eigenvalue weighted by Gasteiger charge is 1.93. The van der Waals surface area contributed by atoms with Crippen LogP contribution in [0.4, 0.5) is 0 Å². The van der Waals surface area contributed by atoms with Gasteiger partial charge in [-0.3, -0.25) is 0 Å².